The lowest BCUT2D eigenvalue weighted by molar-refractivity contribution is 0.404. The summed E-state index contributed by atoms with van der Waals surface area (Å²) in [6.45, 7) is 11.9. The highest BCUT2D eigenvalue weighted by atomic mass is 15.2. The Morgan fingerprint density at radius 1 is 1.32 bits per heavy atom. The van der Waals surface area contributed by atoms with E-state index in [9.17, 15) is 5.26 Å². The Hall–Kier alpha value is -1.53. The van der Waals surface area contributed by atoms with Crippen molar-refractivity contribution in [3.63, 3.8) is 0 Å². The molecule has 19 heavy (non-hydrogen) atoms. The highest BCUT2D eigenvalue weighted by molar-refractivity contribution is 5.48. The lowest BCUT2D eigenvalue weighted by Gasteiger charge is -2.33. The molecule has 104 valence electrons. The number of hydrogen-bond acceptors (Lipinski definition) is 3. The molecule has 0 aliphatic carbocycles. The summed E-state index contributed by atoms with van der Waals surface area (Å²) in [6.07, 6.45) is 0. The minimum Gasteiger partial charge on any atom is -0.369 e. The van der Waals surface area contributed by atoms with Crippen molar-refractivity contribution in [1.29, 1.82) is 5.26 Å². The number of rotatable bonds is 6. The van der Waals surface area contributed by atoms with E-state index in [1.54, 1.807) is 0 Å². The van der Waals surface area contributed by atoms with Gasteiger partial charge in [-0.25, -0.2) is 0 Å². The third-order valence-corrected chi connectivity index (χ3v) is 3.14. The molecule has 1 unspecified atom stereocenters. The monoisotopic (exact) mass is 259 g/mol. The second-order valence-corrected chi connectivity index (χ2v) is 5.59. The lowest BCUT2D eigenvalue weighted by Crippen LogP contribution is -2.53. The van der Waals surface area contributed by atoms with Crippen molar-refractivity contribution in [2.24, 2.45) is 0 Å². The van der Waals surface area contributed by atoms with Crippen molar-refractivity contribution < 1.29 is 0 Å². The predicted molar refractivity (Wildman–Crippen MR) is 81.4 cm³/mol. The highest BCUT2D eigenvalue weighted by Crippen LogP contribution is 2.18. The molecule has 0 aliphatic heterocycles. The van der Waals surface area contributed by atoms with E-state index in [4.69, 9.17) is 0 Å². The third kappa shape index (κ3) is 4.57. The Labute approximate surface area is 117 Å². The van der Waals surface area contributed by atoms with Gasteiger partial charge in [0.05, 0.1) is 6.07 Å². The first-order chi connectivity index (χ1) is 8.90. The molecule has 0 saturated heterocycles. The van der Waals surface area contributed by atoms with Crippen LogP contribution < -0.4 is 10.2 Å². The minimum absolute atomic E-state index is 0.293. The number of nitrogens with zero attached hydrogens (tertiary/aromatic N) is 2. The van der Waals surface area contributed by atoms with Crippen LogP contribution in [0.3, 0.4) is 0 Å². The summed E-state index contributed by atoms with van der Waals surface area (Å²) in [6, 6.07) is 11.1. The van der Waals surface area contributed by atoms with Gasteiger partial charge in [0.15, 0.2) is 0 Å². The standard InChI is InChI=1S/C16H25N3/c1-6-19(15-9-7-14(4)8-10-15)12-16(5,11-17)18-13(2)3/h7-10,13,18H,6,12H2,1-5H3. The molecule has 0 heterocycles. The average Bonchev–Trinajstić information content (AvgIpc) is 2.36. The largest absolute Gasteiger partial charge is 0.369 e. The minimum atomic E-state index is -0.533. The number of nitrogens with one attached hydrogen (secondary N) is 1. The molecule has 0 amide bonds. The molecule has 3 heteroatoms. The summed E-state index contributed by atoms with van der Waals surface area (Å²) < 4.78 is 0. The summed E-state index contributed by atoms with van der Waals surface area (Å²) >= 11 is 0. The molecule has 0 fully saturated rings. The first-order valence-electron chi connectivity index (χ1n) is 6.91. The van der Waals surface area contributed by atoms with Crippen LogP contribution in [0.25, 0.3) is 0 Å². The smallest absolute Gasteiger partial charge is 0.121 e. The molecule has 1 rings (SSSR count). The highest BCUT2D eigenvalue weighted by Gasteiger charge is 2.27. The lowest BCUT2D eigenvalue weighted by atomic mass is 10.0. The van der Waals surface area contributed by atoms with Gasteiger partial charge in [-0.3, -0.25) is 5.32 Å². The Morgan fingerprint density at radius 2 is 1.89 bits per heavy atom. The summed E-state index contributed by atoms with van der Waals surface area (Å²) in [4.78, 5) is 2.23. The van der Waals surface area contributed by atoms with Crippen LogP contribution in [0, 0.1) is 18.3 Å². The molecule has 3 nitrogen and oxygen atoms in total. The topological polar surface area (TPSA) is 39.1 Å². The first-order valence-corrected chi connectivity index (χ1v) is 6.91. The zero-order chi connectivity index (χ0) is 14.5. The molecule has 0 saturated carbocycles. The molecular weight excluding hydrogens is 234 g/mol. The quantitative estimate of drug-likeness (QED) is 0.853. The van der Waals surface area contributed by atoms with Crippen LogP contribution in [0.2, 0.25) is 0 Å². The van der Waals surface area contributed by atoms with E-state index >= 15 is 0 Å². The SMILES string of the molecule is CCN(CC(C)(C#N)NC(C)C)c1ccc(C)cc1. The van der Waals surface area contributed by atoms with Crippen molar-refractivity contribution in [2.45, 2.75) is 46.2 Å². The fraction of sp³-hybridized carbons (Fsp3) is 0.562. The summed E-state index contributed by atoms with van der Waals surface area (Å²) in [5, 5.41) is 12.8. The van der Waals surface area contributed by atoms with Crippen LogP contribution in [-0.2, 0) is 0 Å². The van der Waals surface area contributed by atoms with E-state index in [-0.39, 0.29) is 0 Å². The number of likely N-dealkylation sites (N-methyl/N-ethyl adjacent to an activating group) is 1. The molecule has 1 aromatic carbocycles. The van der Waals surface area contributed by atoms with Gasteiger partial charge in [0.2, 0.25) is 0 Å². The second kappa shape index (κ2) is 6.58. The van der Waals surface area contributed by atoms with Gasteiger partial charge in [-0.05, 0) is 46.8 Å². The number of nitriles is 1. The van der Waals surface area contributed by atoms with Gasteiger partial charge in [0, 0.05) is 24.8 Å². The summed E-state index contributed by atoms with van der Waals surface area (Å²) in [5.41, 5.74) is 1.89. The van der Waals surface area contributed by atoms with Gasteiger partial charge in [-0.15, -0.1) is 0 Å². The predicted octanol–water partition coefficient (Wildman–Crippen LogP) is 3.10. The fourth-order valence-electron chi connectivity index (χ4n) is 2.27. The van der Waals surface area contributed by atoms with Crippen LogP contribution >= 0.6 is 0 Å². The Morgan fingerprint density at radius 3 is 2.32 bits per heavy atom. The molecule has 0 radical (unpaired) electrons. The Balaban J connectivity index is 2.86. The van der Waals surface area contributed by atoms with Crippen molar-refractivity contribution >= 4 is 5.69 Å². The number of anilines is 1. The van der Waals surface area contributed by atoms with E-state index < -0.39 is 5.54 Å². The number of benzene rings is 1. The van der Waals surface area contributed by atoms with Gasteiger partial charge < -0.3 is 4.90 Å². The normalized spacial score (nSPS) is 13.9. The van der Waals surface area contributed by atoms with E-state index in [0.717, 1.165) is 6.54 Å². The Kier molecular flexibility index (Phi) is 5.38. The number of aryl methyl sites for hydroxylation is 1. The Bertz CT molecular complexity index is 430. The molecule has 1 aromatic rings. The number of hydrogen-bond donors (Lipinski definition) is 1. The van der Waals surface area contributed by atoms with Gasteiger partial charge >= 0.3 is 0 Å². The average molecular weight is 259 g/mol. The van der Waals surface area contributed by atoms with Crippen LogP contribution in [-0.4, -0.2) is 24.7 Å². The van der Waals surface area contributed by atoms with Crippen LogP contribution in [0.1, 0.15) is 33.3 Å². The molecule has 1 atom stereocenters. The van der Waals surface area contributed by atoms with Crippen molar-refractivity contribution in [1.82, 2.24) is 5.32 Å². The molecule has 0 aromatic heterocycles. The van der Waals surface area contributed by atoms with Gasteiger partial charge in [-0.1, -0.05) is 17.7 Å². The molecule has 0 spiro atoms. The van der Waals surface area contributed by atoms with Crippen molar-refractivity contribution in [3.05, 3.63) is 29.8 Å². The van der Waals surface area contributed by atoms with Crippen LogP contribution in [0.15, 0.2) is 24.3 Å². The molecule has 0 aliphatic rings. The fourth-order valence-corrected chi connectivity index (χ4v) is 2.27. The second-order valence-electron chi connectivity index (χ2n) is 5.59. The maximum atomic E-state index is 9.43. The zero-order valence-electron chi connectivity index (χ0n) is 12.7. The van der Waals surface area contributed by atoms with Crippen molar-refractivity contribution in [2.75, 3.05) is 18.0 Å². The van der Waals surface area contributed by atoms with E-state index in [0.29, 0.717) is 12.6 Å². The maximum Gasteiger partial charge on any atom is 0.121 e. The molecular formula is C16H25N3. The van der Waals surface area contributed by atoms with E-state index in [2.05, 4.69) is 68.2 Å². The van der Waals surface area contributed by atoms with Gasteiger partial charge in [-0.2, -0.15) is 5.26 Å². The molecule has 0 bridgehead atoms. The van der Waals surface area contributed by atoms with Crippen LogP contribution in [0.5, 0.6) is 0 Å². The van der Waals surface area contributed by atoms with Gasteiger partial charge in [0.1, 0.15) is 5.54 Å². The third-order valence-electron chi connectivity index (χ3n) is 3.14. The van der Waals surface area contributed by atoms with Gasteiger partial charge in [0.25, 0.3) is 0 Å². The first kappa shape index (κ1) is 15.5. The molecule has 1 N–H and O–H groups in total. The zero-order valence-corrected chi connectivity index (χ0v) is 12.7. The van der Waals surface area contributed by atoms with Crippen molar-refractivity contribution in [3.8, 4) is 6.07 Å². The van der Waals surface area contributed by atoms with E-state index in [1.165, 1.54) is 11.3 Å². The summed E-state index contributed by atoms with van der Waals surface area (Å²) in [7, 11) is 0. The van der Waals surface area contributed by atoms with Crippen LogP contribution in [0.4, 0.5) is 5.69 Å². The van der Waals surface area contributed by atoms with E-state index in [1.807, 2.05) is 6.92 Å². The summed E-state index contributed by atoms with van der Waals surface area (Å²) in [5.74, 6) is 0. The maximum absolute atomic E-state index is 9.43.